The molecule has 1 saturated carbocycles. The maximum Gasteiger partial charge on any atom is 0.321 e. The van der Waals surface area contributed by atoms with Crippen LogP contribution in [0.5, 0.6) is 11.5 Å². The van der Waals surface area contributed by atoms with Crippen molar-refractivity contribution in [2.45, 2.75) is 38.1 Å². The Bertz CT molecular complexity index is 999. The van der Waals surface area contributed by atoms with E-state index in [4.69, 9.17) is 9.47 Å². The summed E-state index contributed by atoms with van der Waals surface area (Å²) in [5, 5.41) is 6.15. The third-order valence-electron chi connectivity index (χ3n) is 7.34. The maximum atomic E-state index is 13.4. The summed E-state index contributed by atoms with van der Waals surface area (Å²) < 4.78 is 10.6. The molecule has 2 aromatic carbocycles. The number of ether oxygens (including phenoxy) is 2. The quantitative estimate of drug-likeness (QED) is 0.555. The molecule has 0 spiro atoms. The van der Waals surface area contributed by atoms with E-state index in [9.17, 15) is 9.59 Å². The summed E-state index contributed by atoms with van der Waals surface area (Å²) in [6, 6.07) is 15.0. The third kappa shape index (κ3) is 6.49. The van der Waals surface area contributed by atoms with Gasteiger partial charge < -0.3 is 25.0 Å². The van der Waals surface area contributed by atoms with Gasteiger partial charge in [-0.2, -0.15) is 0 Å². The van der Waals surface area contributed by atoms with Crippen molar-refractivity contribution >= 4 is 17.6 Å². The van der Waals surface area contributed by atoms with Crippen LogP contribution in [0.4, 0.5) is 10.5 Å². The molecule has 1 aliphatic heterocycles. The number of hydrogen-bond acceptors (Lipinski definition) is 5. The van der Waals surface area contributed by atoms with Gasteiger partial charge in [0, 0.05) is 38.4 Å². The van der Waals surface area contributed by atoms with Gasteiger partial charge in [0.15, 0.2) is 0 Å². The van der Waals surface area contributed by atoms with Gasteiger partial charge in [-0.1, -0.05) is 31.0 Å². The van der Waals surface area contributed by atoms with Crippen LogP contribution in [0.15, 0.2) is 48.5 Å². The fraction of sp³-hybridized carbons (Fsp3) is 0.500. The van der Waals surface area contributed by atoms with Crippen molar-refractivity contribution in [3.63, 3.8) is 0 Å². The first-order chi connectivity index (χ1) is 17.6. The van der Waals surface area contributed by atoms with Crippen LogP contribution in [-0.2, 0) is 11.2 Å². The Morgan fingerprint density at radius 2 is 1.64 bits per heavy atom. The van der Waals surface area contributed by atoms with Crippen LogP contribution in [-0.4, -0.2) is 74.7 Å². The first kappa shape index (κ1) is 25.8. The average molecular weight is 495 g/mol. The van der Waals surface area contributed by atoms with Gasteiger partial charge in [-0.3, -0.25) is 9.69 Å². The van der Waals surface area contributed by atoms with Crippen molar-refractivity contribution in [1.29, 1.82) is 0 Å². The number of benzene rings is 2. The molecular formula is C28H38N4O4. The van der Waals surface area contributed by atoms with Crippen molar-refractivity contribution in [3.05, 3.63) is 54.1 Å². The van der Waals surface area contributed by atoms with Gasteiger partial charge in [0.1, 0.15) is 11.5 Å². The van der Waals surface area contributed by atoms with E-state index in [1.54, 1.807) is 14.2 Å². The molecule has 194 valence electrons. The van der Waals surface area contributed by atoms with Crippen molar-refractivity contribution < 1.29 is 19.1 Å². The lowest BCUT2D eigenvalue weighted by atomic mass is 9.95. The number of anilines is 1. The van der Waals surface area contributed by atoms with Crippen molar-refractivity contribution in [3.8, 4) is 11.5 Å². The Morgan fingerprint density at radius 3 is 2.31 bits per heavy atom. The first-order valence-corrected chi connectivity index (χ1v) is 12.9. The average Bonchev–Trinajstić information content (AvgIpc) is 3.44. The number of nitrogens with zero attached hydrogens (tertiary/aromatic N) is 2. The fourth-order valence-corrected chi connectivity index (χ4v) is 5.37. The first-order valence-electron chi connectivity index (χ1n) is 12.9. The summed E-state index contributed by atoms with van der Waals surface area (Å²) in [6.45, 7) is 3.15. The Balaban J connectivity index is 1.31. The molecule has 1 aliphatic carbocycles. The van der Waals surface area contributed by atoms with Crippen LogP contribution in [0.3, 0.4) is 0 Å². The van der Waals surface area contributed by atoms with Gasteiger partial charge in [0.05, 0.1) is 20.3 Å². The normalized spacial score (nSPS) is 17.4. The number of rotatable bonds is 9. The highest BCUT2D eigenvalue weighted by molar-refractivity contribution is 5.89. The summed E-state index contributed by atoms with van der Waals surface area (Å²) >= 11 is 0. The summed E-state index contributed by atoms with van der Waals surface area (Å²) in [6.07, 6.45) is 5.26. The topological polar surface area (TPSA) is 83.1 Å². The summed E-state index contributed by atoms with van der Waals surface area (Å²) in [5.74, 6) is 2.08. The van der Waals surface area contributed by atoms with Crippen molar-refractivity contribution in [2.75, 3.05) is 52.3 Å². The fourth-order valence-electron chi connectivity index (χ4n) is 5.37. The minimum absolute atomic E-state index is 0.105. The maximum absolute atomic E-state index is 13.4. The third-order valence-corrected chi connectivity index (χ3v) is 7.34. The predicted molar refractivity (Wildman–Crippen MR) is 141 cm³/mol. The summed E-state index contributed by atoms with van der Waals surface area (Å²) in [4.78, 5) is 30.3. The monoisotopic (exact) mass is 494 g/mol. The van der Waals surface area contributed by atoms with Crippen molar-refractivity contribution in [2.24, 2.45) is 5.92 Å². The zero-order valence-corrected chi connectivity index (χ0v) is 21.4. The van der Waals surface area contributed by atoms with E-state index in [1.807, 2.05) is 53.4 Å². The van der Waals surface area contributed by atoms with E-state index in [2.05, 4.69) is 15.5 Å². The molecule has 3 amide bonds. The minimum Gasteiger partial charge on any atom is -0.497 e. The molecule has 4 rings (SSSR count). The van der Waals surface area contributed by atoms with Gasteiger partial charge in [-0.25, -0.2) is 4.79 Å². The lowest BCUT2D eigenvalue weighted by Crippen LogP contribution is -2.58. The molecule has 8 nitrogen and oxygen atoms in total. The Hall–Kier alpha value is -3.26. The Labute approximate surface area is 213 Å². The highest BCUT2D eigenvalue weighted by atomic mass is 16.5. The van der Waals surface area contributed by atoms with Gasteiger partial charge in [0.25, 0.3) is 0 Å². The number of nitrogens with one attached hydrogen (secondary N) is 2. The number of amides is 3. The largest absolute Gasteiger partial charge is 0.497 e. The number of para-hydroxylation sites is 1. The smallest absolute Gasteiger partial charge is 0.321 e. The van der Waals surface area contributed by atoms with E-state index in [0.29, 0.717) is 38.6 Å². The van der Waals surface area contributed by atoms with E-state index >= 15 is 0 Å². The van der Waals surface area contributed by atoms with E-state index in [1.165, 1.54) is 12.8 Å². The standard InChI is InChI=1S/C28H38N4O4/c1-35-24-13-11-23(12-14-24)30-28(34)32-19-17-31(18-20-32)26(22-8-3-4-9-22)27(33)29-16-15-21-7-5-6-10-25(21)36-2/h5-7,10-14,22,26H,3-4,8-9,15-20H2,1-2H3,(H,29,33)(H,30,34)/t26-/m1/s1. The minimum atomic E-state index is -0.142. The number of hydrogen-bond donors (Lipinski definition) is 2. The van der Waals surface area contributed by atoms with Gasteiger partial charge >= 0.3 is 6.03 Å². The molecule has 0 unspecified atom stereocenters. The number of carbonyl (C=O) groups is 2. The Kier molecular flexibility index (Phi) is 9.06. The highest BCUT2D eigenvalue weighted by Crippen LogP contribution is 2.31. The zero-order chi connectivity index (χ0) is 25.3. The Morgan fingerprint density at radius 1 is 0.944 bits per heavy atom. The molecule has 1 saturated heterocycles. The van der Waals surface area contributed by atoms with Gasteiger partial charge in [0.2, 0.25) is 5.91 Å². The predicted octanol–water partition coefficient (Wildman–Crippen LogP) is 3.77. The second kappa shape index (κ2) is 12.6. The van der Waals surface area contributed by atoms with Crippen LogP contribution in [0.25, 0.3) is 0 Å². The molecule has 1 heterocycles. The van der Waals surface area contributed by atoms with Crippen LogP contribution < -0.4 is 20.1 Å². The molecule has 2 aliphatic rings. The van der Waals surface area contributed by atoms with Crippen LogP contribution >= 0.6 is 0 Å². The number of piperazine rings is 1. The molecule has 0 bridgehead atoms. The van der Waals surface area contributed by atoms with Gasteiger partial charge in [-0.05, 0) is 61.1 Å². The molecule has 0 aromatic heterocycles. The number of urea groups is 1. The number of carbonyl (C=O) groups excluding carboxylic acids is 2. The molecule has 2 N–H and O–H groups in total. The van der Waals surface area contributed by atoms with Gasteiger partial charge in [-0.15, -0.1) is 0 Å². The molecular weight excluding hydrogens is 456 g/mol. The van der Waals surface area contributed by atoms with Crippen LogP contribution in [0, 0.1) is 5.92 Å². The molecule has 0 radical (unpaired) electrons. The van der Waals surface area contributed by atoms with E-state index in [-0.39, 0.29) is 18.0 Å². The molecule has 1 atom stereocenters. The second-order valence-electron chi connectivity index (χ2n) is 9.52. The summed E-state index contributed by atoms with van der Waals surface area (Å²) in [7, 11) is 3.29. The molecule has 2 fully saturated rings. The SMILES string of the molecule is COc1ccc(NC(=O)N2CCN([C@@H](C(=O)NCCc3ccccc3OC)C3CCCC3)CC2)cc1. The lowest BCUT2D eigenvalue weighted by Gasteiger charge is -2.40. The number of methoxy groups -OCH3 is 2. The van der Waals surface area contributed by atoms with E-state index < -0.39 is 0 Å². The summed E-state index contributed by atoms with van der Waals surface area (Å²) in [5.41, 5.74) is 1.83. The zero-order valence-electron chi connectivity index (χ0n) is 21.4. The van der Waals surface area contributed by atoms with E-state index in [0.717, 1.165) is 42.0 Å². The second-order valence-corrected chi connectivity index (χ2v) is 9.52. The van der Waals surface area contributed by atoms with Crippen molar-refractivity contribution in [1.82, 2.24) is 15.1 Å². The van der Waals surface area contributed by atoms with Crippen LogP contribution in [0.1, 0.15) is 31.2 Å². The molecule has 36 heavy (non-hydrogen) atoms. The lowest BCUT2D eigenvalue weighted by molar-refractivity contribution is -0.129. The highest BCUT2D eigenvalue weighted by Gasteiger charge is 2.37. The van der Waals surface area contributed by atoms with Crippen LogP contribution in [0.2, 0.25) is 0 Å². The molecule has 8 heteroatoms. The molecule has 2 aromatic rings.